The van der Waals surface area contributed by atoms with Gasteiger partial charge in [-0.05, 0) is 24.6 Å². The fourth-order valence-electron chi connectivity index (χ4n) is 2.55. The van der Waals surface area contributed by atoms with Crippen molar-refractivity contribution in [3.63, 3.8) is 0 Å². The van der Waals surface area contributed by atoms with Crippen LogP contribution >= 0.6 is 0 Å². The van der Waals surface area contributed by atoms with Gasteiger partial charge in [-0.2, -0.15) is 31.4 Å². The van der Waals surface area contributed by atoms with Crippen LogP contribution in [-0.4, -0.2) is 22.8 Å². The van der Waals surface area contributed by atoms with E-state index in [1.54, 1.807) is 6.92 Å². The number of benzene rings is 1. The van der Waals surface area contributed by atoms with Gasteiger partial charge in [0.25, 0.3) is 0 Å². The van der Waals surface area contributed by atoms with Gasteiger partial charge in [0.2, 0.25) is 0 Å². The number of nitrogens with zero attached hydrogens (tertiary/aromatic N) is 3. The molecule has 0 aliphatic heterocycles. The second kappa shape index (κ2) is 8.11. The van der Waals surface area contributed by atoms with Crippen LogP contribution in [0.4, 0.5) is 26.3 Å². The molecule has 0 bridgehead atoms. The van der Waals surface area contributed by atoms with Crippen LogP contribution in [0.2, 0.25) is 0 Å². The zero-order chi connectivity index (χ0) is 21.1. The lowest BCUT2D eigenvalue weighted by atomic mass is 10.1. The highest BCUT2D eigenvalue weighted by atomic mass is 19.4. The summed E-state index contributed by atoms with van der Waals surface area (Å²) in [6.45, 7) is 1.41. The SMILES string of the molecule is CN=C(NCc1cn(C)nc1C(F)(F)F)NC(C)c1cccc(C(F)(F)F)c1. The Morgan fingerprint density at radius 1 is 1.18 bits per heavy atom. The lowest BCUT2D eigenvalue weighted by Crippen LogP contribution is -2.38. The second-order valence-corrected chi connectivity index (χ2v) is 6.09. The van der Waals surface area contributed by atoms with Gasteiger partial charge in [0, 0.05) is 32.4 Å². The van der Waals surface area contributed by atoms with Crippen LogP contribution < -0.4 is 10.6 Å². The molecule has 0 saturated carbocycles. The number of hydrogen-bond donors (Lipinski definition) is 2. The molecular formula is C17H19F6N5. The van der Waals surface area contributed by atoms with E-state index in [9.17, 15) is 26.3 Å². The summed E-state index contributed by atoms with van der Waals surface area (Å²) in [5.74, 6) is 0.141. The third kappa shape index (κ3) is 5.40. The Bertz CT molecular complexity index is 837. The van der Waals surface area contributed by atoms with Crippen LogP contribution in [0.15, 0.2) is 35.5 Å². The van der Waals surface area contributed by atoms with Crippen molar-refractivity contribution in [2.45, 2.75) is 31.9 Å². The molecule has 1 aromatic heterocycles. The molecule has 0 amide bonds. The molecule has 0 fully saturated rings. The van der Waals surface area contributed by atoms with Crippen LogP contribution in [0.25, 0.3) is 0 Å². The largest absolute Gasteiger partial charge is 0.435 e. The molecule has 0 saturated heterocycles. The first-order valence-electron chi connectivity index (χ1n) is 8.16. The number of aryl methyl sites for hydroxylation is 1. The Balaban J connectivity index is 2.08. The molecule has 1 heterocycles. The number of alkyl halides is 6. The van der Waals surface area contributed by atoms with E-state index < -0.39 is 29.7 Å². The van der Waals surface area contributed by atoms with Gasteiger partial charge in [-0.1, -0.05) is 12.1 Å². The zero-order valence-electron chi connectivity index (χ0n) is 15.3. The van der Waals surface area contributed by atoms with Gasteiger partial charge in [-0.25, -0.2) is 0 Å². The minimum atomic E-state index is -4.60. The molecule has 1 aromatic carbocycles. The molecule has 0 aliphatic rings. The van der Waals surface area contributed by atoms with Gasteiger partial charge < -0.3 is 10.6 Å². The third-order valence-corrected chi connectivity index (χ3v) is 3.91. The van der Waals surface area contributed by atoms with E-state index in [1.165, 1.54) is 32.4 Å². The first-order chi connectivity index (χ1) is 12.9. The Kier molecular flexibility index (Phi) is 6.25. The highest BCUT2D eigenvalue weighted by Gasteiger charge is 2.36. The zero-order valence-corrected chi connectivity index (χ0v) is 15.3. The van der Waals surface area contributed by atoms with E-state index in [1.807, 2.05) is 0 Å². The van der Waals surface area contributed by atoms with Gasteiger partial charge in [-0.3, -0.25) is 9.67 Å². The van der Waals surface area contributed by atoms with Crippen LogP contribution in [0, 0.1) is 0 Å². The van der Waals surface area contributed by atoms with E-state index in [2.05, 4.69) is 20.7 Å². The van der Waals surface area contributed by atoms with Crippen LogP contribution in [0.3, 0.4) is 0 Å². The molecule has 0 aliphatic carbocycles. The number of rotatable bonds is 4. The van der Waals surface area contributed by atoms with Crippen molar-refractivity contribution in [1.82, 2.24) is 20.4 Å². The number of aromatic nitrogens is 2. The van der Waals surface area contributed by atoms with E-state index >= 15 is 0 Å². The predicted molar refractivity (Wildman–Crippen MR) is 91.4 cm³/mol. The van der Waals surface area contributed by atoms with Crippen LogP contribution in [0.1, 0.15) is 35.3 Å². The van der Waals surface area contributed by atoms with Gasteiger partial charge in [0.05, 0.1) is 11.6 Å². The Morgan fingerprint density at radius 3 is 2.43 bits per heavy atom. The number of hydrogen-bond acceptors (Lipinski definition) is 2. The molecule has 2 rings (SSSR count). The van der Waals surface area contributed by atoms with E-state index in [4.69, 9.17) is 0 Å². The van der Waals surface area contributed by atoms with Crippen LogP contribution in [0.5, 0.6) is 0 Å². The van der Waals surface area contributed by atoms with Crippen molar-refractivity contribution in [1.29, 1.82) is 0 Å². The first-order valence-corrected chi connectivity index (χ1v) is 8.16. The van der Waals surface area contributed by atoms with Crippen molar-refractivity contribution >= 4 is 5.96 Å². The first kappa shape index (κ1) is 21.6. The molecule has 1 unspecified atom stereocenters. The summed E-state index contributed by atoms with van der Waals surface area (Å²) >= 11 is 0. The molecule has 5 nitrogen and oxygen atoms in total. The van der Waals surface area contributed by atoms with Crippen molar-refractivity contribution < 1.29 is 26.3 Å². The summed E-state index contributed by atoms with van der Waals surface area (Å²) in [5, 5.41) is 8.99. The summed E-state index contributed by atoms with van der Waals surface area (Å²) in [4.78, 5) is 3.90. The van der Waals surface area contributed by atoms with E-state index in [0.29, 0.717) is 5.56 Å². The fourth-order valence-corrected chi connectivity index (χ4v) is 2.55. The smallest absolute Gasteiger partial charge is 0.352 e. The average molecular weight is 407 g/mol. The molecule has 0 radical (unpaired) electrons. The van der Waals surface area contributed by atoms with E-state index in [0.717, 1.165) is 16.8 Å². The minimum Gasteiger partial charge on any atom is -0.352 e. The van der Waals surface area contributed by atoms with Crippen molar-refractivity contribution in [2.75, 3.05) is 7.05 Å². The summed E-state index contributed by atoms with van der Waals surface area (Å²) < 4.78 is 78.6. The maximum atomic E-state index is 13.0. The third-order valence-electron chi connectivity index (χ3n) is 3.91. The molecule has 2 N–H and O–H groups in total. The van der Waals surface area contributed by atoms with Gasteiger partial charge in [-0.15, -0.1) is 0 Å². The average Bonchev–Trinajstić information content (AvgIpc) is 2.99. The summed E-state index contributed by atoms with van der Waals surface area (Å²) in [6, 6.07) is 4.21. The lowest BCUT2D eigenvalue weighted by molar-refractivity contribution is -0.142. The van der Waals surface area contributed by atoms with Crippen molar-refractivity contribution in [2.24, 2.45) is 12.0 Å². The molecule has 11 heteroatoms. The van der Waals surface area contributed by atoms with Gasteiger partial charge >= 0.3 is 12.4 Å². The van der Waals surface area contributed by atoms with E-state index in [-0.39, 0.29) is 18.1 Å². The standard InChI is InChI=1S/C17H19F6N5/c1-10(11-5-4-6-13(7-11)16(18,19)20)26-15(24-2)25-8-12-9-28(3)27-14(12)17(21,22)23/h4-7,9-10H,8H2,1-3H3,(H2,24,25,26). The maximum absolute atomic E-state index is 13.0. The molecule has 2 aromatic rings. The minimum absolute atomic E-state index is 0.0790. The Hall–Kier alpha value is -2.72. The molecule has 154 valence electrons. The van der Waals surface area contributed by atoms with Gasteiger partial charge in [0.15, 0.2) is 11.7 Å². The van der Waals surface area contributed by atoms with Crippen molar-refractivity contribution in [3.8, 4) is 0 Å². The van der Waals surface area contributed by atoms with Gasteiger partial charge in [0.1, 0.15) is 0 Å². The summed E-state index contributed by atoms with van der Waals surface area (Å²) in [5.41, 5.74) is -1.52. The molecule has 1 atom stereocenters. The van der Waals surface area contributed by atoms with Crippen molar-refractivity contribution in [3.05, 3.63) is 52.8 Å². The number of nitrogens with one attached hydrogen (secondary N) is 2. The topological polar surface area (TPSA) is 54.2 Å². The monoisotopic (exact) mass is 407 g/mol. The second-order valence-electron chi connectivity index (χ2n) is 6.09. The Labute approximate surface area is 157 Å². The Morgan fingerprint density at radius 2 is 1.86 bits per heavy atom. The summed E-state index contributed by atoms with van der Waals surface area (Å²) in [7, 11) is 2.78. The highest BCUT2D eigenvalue weighted by Crippen LogP contribution is 2.31. The highest BCUT2D eigenvalue weighted by molar-refractivity contribution is 5.80. The quantitative estimate of drug-likeness (QED) is 0.460. The number of halogens is 6. The van der Waals surface area contributed by atoms with Crippen LogP contribution in [-0.2, 0) is 25.9 Å². The lowest BCUT2D eigenvalue weighted by Gasteiger charge is -2.19. The normalized spacial score (nSPS) is 14.1. The number of aliphatic imine (C=N–C) groups is 1. The molecule has 28 heavy (non-hydrogen) atoms. The summed E-state index contributed by atoms with van der Waals surface area (Å²) in [6.07, 6.45) is -7.83. The molecule has 0 spiro atoms. The predicted octanol–water partition coefficient (Wildman–Crippen LogP) is 3.88. The fraction of sp³-hybridized carbons (Fsp3) is 0.412. The molecular weight excluding hydrogens is 388 g/mol. The maximum Gasteiger partial charge on any atom is 0.435 e. The number of guanidine groups is 1.